The Morgan fingerprint density at radius 2 is 2.38 bits per heavy atom. The molecule has 0 aromatic heterocycles. The van der Waals surface area contributed by atoms with Gasteiger partial charge in [0.1, 0.15) is 0 Å². The molecule has 0 bridgehead atoms. The fraction of sp³-hybridized carbons (Fsp3) is 0.833. The molecule has 0 aliphatic heterocycles. The summed E-state index contributed by atoms with van der Waals surface area (Å²) in [5.41, 5.74) is 0. The van der Waals surface area contributed by atoms with E-state index in [0.29, 0.717) is 0 Å². The second-order valence-electron chi connectivity index (χ2n) is 1.52. The summed E-state index contributed by atoms with van der Waals surface area (Å²) in [5, 5.41) is 0. The van der Waals surface area contributed by atoms with Gasteiger partial charge in [0, 0.05) is 0 Å². The Labute approximate surface area is 62.2 Å². The van der Waals surface area contributed by atoms with Gasteiger partial charge in [-0.2, -0.15) is 0 Å². The summed E-state index contributed by atoms with van der Waals surface area (Å²) in [6, 6.07) is 0. The van der Waals surface area contributed by atoms with Gasteiger partial charge in [0.15, 0.2) is 0 Å². The zero-order chi connectivity index (χ0) is 6.24. The van der Waals surface area contributed by atoms with Crippen LogP contribution >= 0.6 is 0 Å². The van der Waals surface area contributed by atoms with Crippen LogP contribution < -0.4 is 21.5 Å². The van der Waals surface area contributed by atoms with Crippen LogP contribution in [-0.2, 0) is 0 Å². The van der Waals surface area contributed by atoms with Crippen molar-refractivity contribution in [2.75, 3.05) is 4.43 Å². The molecule has 0 aliphatic carbocycles. The molecule has 0 N–H and O–H groups in total. The van der Waals surface area contributed by atoms with Crippen molar-refractivity contribution < 1.29 is 21.5 Å². The van der Waals surface area contributed by atoms with Gasteiger partial charge in [-0.05, 0) is 0 Å². The molecule has 0 rings (SSSR count). The third-order valence-corrected chi connectivity index (χ3v) is 2.93. The van der Waals surface area contributed by atoms with Crippen LogP contribution in [0.25, 0.3) is 0 Å². The van der Waals surface area contributed by atoms with Gasteiger partial charge in [-0.1, -0.05) is 0 Å². The number of rotatable bonds is 4. The SMILES string of the molecule is CC=N[I-]CCCC. The third-order valence-electron chi connectivity index (χ3n) is 0.738. The number of hydrogen-bond donors (Lipinski definition) is 0. The van der Waals surface area contributed by atoms with E-state index in [1.165, 1.54) is 17.3 Å². The molecule has 8 heavy (non-hydrogen) atoms. The van der Waals surface area contributed by atoms with Crippen molar-refractivity contribution in [3.8, 4) is 0 Å². The molecule has 0 saturated carbocycles. The predicted octanol–water partition coefficient (Wildman–Crippen LogP) is -1.12. The molecule has 0 spiro atoms. The van der Waals surface area contributed by atoms with Crippen LogP contribution in [0.15, 0.2) is 3.21 Å². The molecule has 0 fully saturated rings. The van der Waals surface area contributed by atoms with Crippen LogP contribution in [-0.4, -0.2) is 10.6 Å². The Kier molecular flexibility index (Phi) is 7.77. The van der Waals surface area contributed by atoms with Crippen molar-refractivity contribution in [3.63, 3.8) is 0 Å². The van der Waals surface area contributed by atoms with Gasteiger partial charge in [0.05, 0.1) is 0 Å². The van der Waals surface area contributed by atoms with Gasteiger partial charge in [0.25, 0.3) is 0 Å². The van der Waals surface area contributed by atoms with E-state index in [2.05, 4.69) is 10.1 Å². The zero-order valence-electron chi connectivity index (χ0n) is 5.52. The summed E-state index contributed by atoms with van der Waals surface area (Å²) in [4.78, 5) is 0. The van der Waals surface area contributed by atoms with Crippen molar-refractivity contribution in [3.05, 3.63) is 0 Å². The maximum atomic E-state index is 4.19. The summed E-state index contributed by atoms with van der Waals surface area (Å²) in [7, 11) is 0. The van der Waals surface area contributed by atoms with Gasteiger partial charge >= 0.3 is 62.0 Å². The molecule has 0 amide bonds. The fourth-order valence-corrected chi connectivity index (χ4v) is 2.09. The first-order chi connectivity index (χ1) is 3.91. The summed E-state index contributed by atoms with van der Waals surface area (Å²) in [6.07, 6.45) is 4.60. The van der Waals surface area contributed by atoms with Crippen LogP contribution in [0, 0.1) is 0 Å². The summed E-state index contributed by atoms with van der Waals surface area (Å²) >= 11 is 0.188. The molecule has 0 aliphatic rings. The average Bonchev–Trinajstić information content (AvgIpc) is 1.81. The molecule has 1 nitrogen and oxygen atoms in total. The normalized spacial score (nSPS) is 11.2. The van der Waals surface area contributed by atoms with Crippen LogP contribution in [0.3, 0.4) is 0 Å². The van der Waals surface area contributed by atoms with Crippen LogP contribution in [0.5, 0.6) is 0 Å². The molecule has 0 heterocycles. The predicted molar refractivity (Wildman–Crippen MR) is 33.9 cm³/mol. The van der Waals surface area contributed by atoms with Gasteiger partial charge in [-0.15, -0.1) is 0 Å². The van der Waals surface area contributed by atoms with E-state index in [-0.39, 0.29) is 21.5 Å². The van der Waals surface area contributed by atoms with Crippen molar-refractivity contribution in [2.45, 2.75) is 26.7 Å². The van der Waals surface area contributed by atoms with E-state index in [1.54, 1.807) is 0 Å². The zero-order valence-corrected chi connectivity index (χ0v) is 7.68. The van der Waals surface area contributed by atoms with Crippen molar-refractivity contribution in [2.24, 2.45) is 3.21 Å². The fourth-order valence-electron chi connectivity index (χ4n) is 0.311. The topological polar surface area (TPSA) is 12.4 Å². The molecule has 2 heteroatoms. The van der Waals surface area contributed by atoms with Crippen LogP contribution in [0.2, 0.25) is 0 Å². The Morgan fingerprint density at radius 1 is 1.62 bits per heavy atom. The van der Waals surface area contributed by atoms with E-state index in [0.717, 1.165) is 0 Å². The van der Waals surface area contributed by atoms with Crippen molar-refractivity contribution in [1.82, 2.24) is 0 Å². The quantitative estimate of drug-likeness (QED) is 0.249. The van der Waals surface area contributed by atoms with E-state index in [9.17, 15) is 0 Å². The summed E-state index contributed by atoms with van der Waals surface area (Å²) in [5.74, 6) is 0. The molecule has 0 radical (unpaired) electrons. The van der Waals surface area contributed by atoms with Crippen LogP contribution in [0.1, 0.15) is 26.7 Å². The van der Waals surface area contributed by atoms with Crippen molar-refractivity contribution in [1.29, 1.82) is 0 Å². The molecule has 0 atom stereocenters. The second kappa shape index (κ2) is 7.40. The van der Waals surface area contributed by atoms with Gasteiger partial charge in [-0.25, -0.2) is 0 Å². The number of unbranched alkanes of at least 4 members (excludes halogenated alkanes) is 1. The number of alkyl halides is 1. The minimum atomic E-state index is 0.188. The first-order valence-electron chi connectivity index (χ1n) is 2.98. The monoisotopic (exact) mass is 226 g/mol. The number of hydrogen-bond acceptors (Lipinski definition) is 1. The maximum absolute atomic E-state index is 4.19. The minimum absolute atomic E-state index is 0.188. The Balaban J connectivity index is 2.72. The molecule has 0 unspecified atom stereocenters. The number of nitrogens with zero attached hydrogens (tertiary/aromatic N) is 1. The van der Waals surface area contributed by atoms with E-state index >= 15 is 0 Å². The summed E-state index contributed by atoms with van der Waals surface area (Å²) < 4.78 is 5.56. The Hall–Kier alpha value is 0.400. The molecule has 0 aromatic rings. The van der Waals surface area contributed by atoms with Gasteiger partial charge in [-0.3, -0.25) is 0 Å². The van der Waals surface area contributed by atoms with E-state index in [4.69, 9.17) is 0 Å². The second-order valence-corrected chi connectivity index (χ2v) is 3.84. The first kappa shape index (κ1) is 8.40. The van der Waals surface area contributed by atoms with Gasteiger partial charge < -0.3 is 0 Å². The number of halogens is 1. The van der Waals surface area contributed by atoms with Crippen molar-refractivity contribution >= 4 is 6.21 Å². The standard InChI is InChI=1S/C6H13IN/c1-3-5-6-7-8-4-2/h4H,3,5-6H2,1-2H3/q-1. The molecular weight excluding hydrogens is 213 g/mol. The average molecular weight is 226 g/mol. The van der Waals surface area contributed by atoms with Crippen LogP contribution in [0.4, 0.5) is 0 Å². The molecule has 50 valence electrons. The molecule has 0 saturated heterocycles. The molecular formula is C6H13IN-. The van der Waals surface area contributed by atoms with E-state index in [1.807, 2.05) is 13.1 Å². The molecule has 0 aromatic carbocycles. The summed E-state index contributed by atoms with van der Waals surface area (Å²) in [6.45, 7) is 4.21. The Morgan fingerprint density at radius 3 is 2.88 bits per heavy atom. The van der Waals surface area contributed by atoms with Gasteiger partial charge in [0.2, 0.25) is 0 Å². The Bertz CT molecular complexity index is 61.5. The third kappa shape index (κ3) is 6.40. The first-order valence-corrected chi connectivity index (χ1v) is 5.47. The van der Waals surface area contributed by atoms with E-state index < -0.39 is 0 Å².